The fourth-order valence-corrected chi connectivity index (χ4v) is 1.74. The van der Waals surface area contributed by atoms with Gasteiger partial charge >= 0.3 is 11.9 Å². The maximum absolute atomic E-state index is 11.0. The van der Waals surface area contributed by atoms with Gasteiger partial charge in [0.25, 0.3) is 0 Å². The van der Waals surface area contributed by atoms with Gasteiger partial charge in [-0.15, -0.1) is 11.3 Å². The number of aliphatic carboxylic acids is 1. The van der Waals surface area contributed by atoms with Crippen molar-refractivity contribution in [3.8, 4) is 0 Å². The summed E-state index contributed by atoms with van der Waals surface area (Å²) >= 11 is 1.18. The molecule has 94 valence electrons. The van der Waals surface area contributed by atoms with Gasteiger partial charge in [0, 0.05) is 5.38 Å². The Morgan fingerprint density at radius 2 is 2.41 bits per heavy atom. The van der Waals surface area contributed by atoms with Crippen molar-refractivity contribution >= 4 is 28.4 Å². The van der Waals surface area contributed by atoms with E-state index in [1.807, 2.05) is 0 Å². The van der Waals surface area contributed by atoms with Gasteiger partial charge < -0.3 is 20.9 Å². The molecule has 17 heavy (non-hydrogen) atoms. The smallest absolute Gasteiger partial charge is 0.326 e. The second-order valence-corrected chi connectivity index (χ2v) is 3.91. The monoisotopic (exact) mass is 259 g/mol. The molecule has 0 radical (unpaired) electrons. The van der Waals surface area contributed by atoms with Crippen molar-refractivity contribution in [2.75, 3.05) is 18.5 Å². The number of thiazole rings is 1. The molecule has 1 aromatic rings. The quantitative estimate of drug-likeness (QED) is 0.625. The molecule has 0 bridgehead atoms. The van der Waals surface area contributed by atoms with Crippen LogP contribution in [-0.4, -0.2) is 35.2 Å². The summed E-state index contributed by atoms with van der Waals surface area (Å²) in [7, 11) is 0. The summed E-state index contributed by atoms with van der Waals surface area (Å²) < 4.78 is 4.71. The summed E-state index contributed by atoms with van der Waals surface area (Å²) in [5.41, 5.74) is 5.64. The van der Waals surface area contributed by atoms with E-state index in [2.05, 4.69) is 10.3 Å². The number of aromatic nitrogens is 1. The van der Waals surface area contributed by atoms with Gasteiger partial charge in [0.15, 0.2) is 5.13 Å². The van der Waals surface area contributed by atoms with Gasteiger partial charge in [-0.05, 0) is 6.92 Å². The highest BCUT2D eigenvalue weighted by Crippen LogP contribution is 2.19. The molecule has 1 atom stereocenters. The number of carboxylic acid groups (broad SMARTS) is 1. The lowest BCUT2D eigenvalue weighted by Crippen LogP contribution is -2.21. The minimum atomic E-state index is -1.15. The Bertz CT molecular complexity index is 407. The number of nitrogens with one attached hydrogen (secondary N) is 1. The molecule has 0 saturated carbocycles. The molecule has 0 aromatic carbocycles. The Morgan fingerprint density at radius 3 is 3.00 bits per heavy atom. The molecule has 0 amide bonds. The van der Waals surface area contributed by atoms with E-state index in [0.29, 0.717) is 11.7 Å². The van der Waals surface area contributed by atoms with Gasteiger partial charge in [-0.25, -0.2) is 4.98 Å². The number of nitrogens with two attached hydrogens (primary N) is 1. The number of ether oxygens (including phenoxy) is 1. The van der Waals surface area contributed by atoms with E-state index in [9.17, 15) is 9.59 Å². The van der Waals surface area contributed by atoms with E-state index < -0.39 is 18.0 Å². The number of anilines is 1. The summed E-state index contributed by atoms with van der Waals surface area (Å²) in [5, 5.41) is 13.4. The summed E-state index contributed by atoms with van der Waals surface area (Å²) in [4.78, 5) is 25.6. The molecule has 0 aliphatic carbocycles. The van der Waals surface area contributed by atoms with Crippen LogP contribution in [0.15, 0.2) is 5.38 Å². The Kier molecular flexibility index (Phi) is 4.85. The molecular weight excluding hydrogens is 246 g/mol. The van der Waals surface area contributed by atoms with Crippen LogP contribution in [-0.2, 0) is 14.3 Å². The molecule has 4 N–H and O–H groups in total. The second-order valence-electron chi connectivity index (χ2n) is 3.05. The van der Waals surface area contributed by atoms with Crippen LogP contribution in [0.1, 0.15) is 18.7 Å². The third kappa shape index (κ3) is 4.00. The first-order chi connectivity index (χ1) is 8.04. The van der Waals surface area contributed by atoms with Crippen LogP contribution < -0.4 is 11.1 Å². The van der Waals surface area contributed by atoms with Gasteiger partial charge in [-0.3, -0.25) is 9.59 Å². The van der Waals surface area contributed by atoms with Gasteiger partial charge in [0.2, 0.25) is 0 Å². The normalized spacial score (nSPS) is 11.9. The van der Waals surface area contributed by atoms with Crippen LogP contribution >= 0.6 is 11.3 Å². The van der Waals surface area contributed by atoms with Crippen molar-refractivity contribution in [1.29, 1.82) is 0 Å². The molecular formula is C9H13N3O4S. The molecule has 1 rings (SSSR count). The maximum Gasteiger partial charge on any atom is 0.326 e. The van der Waals surface area contributed by atoms with Crippen molar-refractivity contribution < 1.29 is 19.4 Å². The zero-order valence-electron chi connectivity index (χ0n) is 9.17. The Labute approximate surface area is 102 Å². The average molecular weight is 259 g/mol. The first kappa shape index (κ1) is 13.4. The van der Waals surface area contributed by atoms with Crippen molar-refractivity contribution in [2.24, 2.45) is 5.73 Å². The van der Waals surface area contributed by atoms with Crippen molar-refractivity contribution in [3.05, 3.63) is 11.1 Å². The van der Waals surface area contributed by atoms with Gasteiger partial charge in [-0.1, -0.05) is 0 Å². The van der Waals surface area contributed by atoms with Crippen LogP contribution in [0.5, 0.6) is 0 Å². The molecule has 0 aliphatic rings. The van der Waals surface area contributed by atoms with Crippen LogP contribution in [0, 0.1) is 0 Å². The molecule has 0 saturated heterocycles. The van der Waals surface area contributed by atoms with Crippen LogP contribution in [0.4, 0.5) is 5.13 Å². The summed E-state index contributed by atoms with van der Waals surface area (Å²) in [6, 6.07) is -1.15. The lowest BCUT2D eigenvalue weighted by molar-refractivity contribution is -0.141. The first-order valence-corrected chi connectivity index (χ1v) is 5.75. The van der Waals surface area contributed by atoms with Gasteiger partial charge in [-0.2, -0.15) is 0 Å². The third-order valence-electron chi connectivity index (χ3n) is 1.80. The summed E-state index contributed by atoms with van der Waals surface area (Å²) in [6.07, 6.45) is 0. The maximum atomic E-state index is 11.0. The fourth-order valence-electron chi connectivity index (χ4n) is 0.996. The molecule has 1 aromatic heterocycles. The average Bonchev–Trinajstić information content (AvgIpc) is 2.74. The van der Waals surface area contributed by atoms with Crippen molar-refractivity contribution in [3.63, 3.8) is 0 Å². The molecule has 1 heterocycles. The highest BCUT2D eigenvalue weighted by molar-refractivity contribution is 7.13. The van der Waals surface area contributed by atoms with Crippen LogP contribution in [0.3, 0.4) is 0 Å². The highest BCUT2D eigenvalue weighted by Gasteiger charge is 2.17. The number of hydrogen-bond acceptors (Lipinski definition) is 7. The number of hydrogen-bond donors (Lipinski definition) is 3. The number of carboxylic acids is 1. The predicted octanol–water partition coefficient (Wildman–Crippen LogP) is 0.202. The number of nitrogens with zero attached hydrogens (tertiary/aromatic N) is 1. The Hall–Kier alpha value is -1.67. The van der Waals surface area contributed by atoms with E-state index in [1.165, 1.54) is 16.7 Å². The van der Waals surface area contributed by atoms with Crippen LogP contribution in [0.25, 0.3) is 0 Å². The number of rotatable bonds is 6. The van der Waals surface area contributed by atoms with Crippen molar-refractivity contribution in [2.45, 2.75) is 13.0 Å². The van der Waals surface area contributed by atoms with E-state index in [4.69, 9.17) is 15.6 Å². The Morgan fingerprint density at radius 1 is 1.71 bits per heavy atom. The zero-order chi connectivity index (χ0) is 12.8. The molecule has 7 nitrogen and oxygen atoms in total. The standard InChI is InChI=1S/C9H13N3O4S/c1-2-16-6(13)3-11-9-12-5(4-17-9)7(10)8(14)15/h4,7H,2-3,10H2,1H3,(H,11,12)(H,14,15). The lowest BCUT2D eigenvalue weighted by atomic mass is 10.2. The number of esters is 1. The van der Waals surface area contributed by atoms with Crippen LogP contribution in [0.2, 0.25) is 0 Å². The molecule has 0 spiro atoms. The molecule has 1 unspecified atom stereocenters. The highest BCUT2D eigenvalue weighted by atomic mass is 32.1. The minimum Gasteiger partial charge on any atom is -0.480 e. The summed E-state index contributed by atoms with van der Waals surface area (Å²) in [5.74, 6) is -1.54. The second kappa shape index (κ2) is 6.16. The molecule has 0 aliphatic heterocycles. The molecule has 8 heteroatoms. The fraction of sp³-hybridized carbons (Fsp3) is 0.444. The number of carbonyl (C=O) groups is 2. The SMILES string of the molecule is CCOC(=O)CNc1nc(C(N)C(=O)O)cs1. The zero-order valence-corrected chi connectivity index (χ0v) is 9.99. The minimum absolute atomic E-state index is 0.0108. The third-order valence-corrected chi connectivity index (χ3v) is 2.61. The Balaban J connectivity index is 2.51. The van der Waals surface area contributed by atoms with E-state index in [-0.39, 0.29) is 12.2 Å². The van der Waals surface area contributed by atoms with E-state index in [0.717, 1.165) is 0 Å². The largest absolute Gasteiger partial charge is 0.480 e. The number of carbonyl (C=O) groups excluding carboxylic acids is 1. The van der Waals surface area contributed by atoms with Crippen molar-refractivity contribution in [1.82, 2.24) is 4.98 Å². The van der Waals surface area contributed by atoms with E-state index in [1.54, 1.807) is 6.92 Å². The van der Waals surface area contributed by atoms with Gasteiger partial charge in [0.1, 0.15) is 12.6 Å². The molecule has 0 fully saturated rings. The predicted molar refractivity (Wildman–Crippen MR) is 61.8 cm³/mol. The topological polar surface area (TPSA) is 115 Å². The first-order valence-electron chi connectivity index (χ1n) is 4.88. The lowest BCUT2D eigenvalue weighted by Gasteiger charge is -2.03. The summed E-state index contributed by atoms with van der Waals surface area (Å²) in [6.45, 7) is 2.02. The van der Waals surface area contributed by atoms with E-state index >= 15 is 0 Å². The van der Waals surface area contributed by atoms with Gasteiger partial charge in [0.05, 0.1) is 12.3 Å².